The zero-order chi connectivity index (χ0) is 26.3. The first-order chi connectivity index (χ1) is 17.7. The lowest BCUT2D eigenvalue weighted by Crippen LogP contribution is -2.58. The number of piperazine rings is 1. The van der Waals surface area contributed by atoms with Gasteiger partial charge in [0.15, 0.2) is 5.13 Å². The van der Waals surface area contributed by atoms with Gasteiger partial charge in [0.25, 0.3) is 10.0 Å². The van der Waals surface area contributed by atoms with Crippen molar-refractivity contribution >= 4 is 66.5 Å². The molecule has 2 aromatic carbocycles. The van der Waals surface area contributed by atoms with E-state index >= 15 is 0 Å². The maximum atomic E-state index is 13.4. The number of carbonyl (C=O) groups excluding carboxylic acids is 2. The van der Waals surface area contributed by atoms with Crippen LogP contribution in [0.15, 0.2) is 71.2 Å². The second-order valence-corrected chi connectivity index (χ2v) is 11.7. The molecule has 5 rings (SSSR count). The molecule has 1 aliphatic heterocycles. The van der Waals surface area contributed by atoms with Crippen LogP contribution in [0.1, 0.15) is 19.9 Å². The van der Waals surface area contributed by atoms with Crippen molar-refractivity contribution in [3.63, 3.8) is 0 Å². The van der Waals surface area contributed by atoms with Crippen LogP contribution in [-0.2, 0) is 19.6 Å². The van der Waals surface area contributed by atoms with Gasteiger partial charge >= 0.3 is 0 Å². The van der Waals surface area contributed by atoms with Crippen LogP contribution >= 0.6 is 22.9 Å². The highest BCUT2D eigenvalue weighted by Gasteiger charge is 2.37. The quantitative estimate of drug-likeness (QED) is 0.379. The number of aromatic nitrogens is 2. The van der Waals surface area contributed by atoms with E-state index in [0.29, 0.717) is 23.8 Å². The summed E-state index contributed by atoms with van der Waals surface area (Å²) in [6.07, 6.45) is 3.37. The number of sulfonamides is 1. The molecule has 1 aliphatic rings. The van der Waals surface area contributed by atoms with Crippen LogP contribution in [-0.4, -0.2) is 53.8 Å². The number of fused-ring (bicyclic) bond motifs is 1. The summed E-state index contributed by atoms with van der Waals surface area (Å²) in [5.41, 5.74) is 1.42. The van der Waals surface area contributed by atoms with E-state index in [0.717, 1.165) is 10.9 Å². The van der Waals surface area contributed by atoms with Gasteiger partial charge in [0, 0.05) is 41.6 Å². The molecule has 2 aromatic heterocycles. The third kappa shape index (κ3) is 4.81. The van der Waals surface area contributed by atoms with E-state index in [1.807, 2.05) is 35.9 Å². The maximum Gasteiger partial charge on any atom is 0.263 e. The van der Waals surface area contributed by atoms with E-state index in [1.165, 1.54) is 29.7 Å². The van der Waals surface area contributed by atoms with Crippen LogP contribution in [0.3, 0.4) is 0 Å². The molecule has 9 nitrogen and oxygen atoms in total. The van der Waals surface area contributed by atoms with E-state index in [-0.39, 0.29) is 21.8 Å². The van der Waals surface area contributed by atoms with Crippen LogP contribution in [0, 0.1) is 0 Å². The van der Waals surface area contributed by atoms with Gasteiger partial charge in [-0.25, -0.2) is 13.4 Å². The number of thiazole rings is 1. The van der Waals surface area contributed by atoms with E-state index in [2.05, 4.69) is 9.71 Å². The Balaban J connectivity index is 1.30. The molecule has 2 atom stereocenters. The van der Waals surface area contributed by atoms with Gasteiger partial charge < -0.3 is 14.4 Å². The van der Waals surface area contributed by atoms with Crippen LogP contribution in [0.2, 0.25) is 5.02 Å². The number of nitrogens with zero attached hydrogens (tertiary/aromatic N) is 4. The number of nitrogens with one attached hydrogen (secondary N) is 1. The van der Waals surface area contributed by atoms with Crippen molar-refractivity contribution in [3.8, 4) is 0 Å². The van der Waals surface area contributed by atoms with Gasteiger partial charge in [-0.05, 0) is 61.7 Å². The second-order valence-electron chi connectivity index (χ2n) is 8.74. The molecule has 0 radical (unpaired) electrons. The lowest BCUT2D eigenvalue weighted by Gasteiger charge is -2.40. The second kappa shape index (κ2) is 9.81. The molecule has 0 unspecified atom stereocenters. The third-order valence-corrected chi connectivity index (χ3v) is 8.92. The van der Waals surface area contributed by atoms with Crippen molar-refractivity contribution < 1.29 is 18.0 Å². The zero-order valence-electron chi connectivity index (χ0n) is 20.0. The standard InChI is InChI=1S/C25H24ClN5O4S2/c1-16(29-11-9-18-3-4-19(26)15-22(18)29)23(32)30-12-13-31(24(33)17(30)2)20-5-7-21(8-6-20)37(34,35)28-25-27-10-14-36-25/h3-11,14-17H,12-13H2,1-2H3,(H,27,28)/t16-,17-/m1/s1. The Bertz CT molecular complexity index is 1570. The molecular weight excluding hydrogens is 534 g/mol. The van der Waals surface area contributed by atoms with Crippen molar-refractivity contribution in [2.75, 3.05) is 22.7 Å². The largest absolute Gasteiger partial charge is 0.335 e. The van der Waals surface area contributed by atoms with E-state index in [9.17, 15) is 18.0 Å². The van der Waals surface area contributed by atoms with E-state index in [1.54, 1.807) is 40.3 Å². The number of hydrogen-bond acceptors (Lipinski definition) is 6. The molecular formula is C25H24ClN5O4S2. The molecule has 37 heavy (non-hydrogen) atoms. The van der Waals surface area contributed by atoms with Crippen molar-refractivity contribution in [2.45, 2.75) is 30.8 Å². The fourth-order valence-electron chi connectivity index (χ4n) is 4.50. The number of benzene rings is 2. The fourth-order valence-corrected chi connectivity index (χ4v) is 6.45. The average molecular weight is 558 g/mol. The molecule has 2 amide bonds. The Morgan fingerprint density at radius 3 is 2.62 bits per heavy atom. The Hall–Kier alpha value is -3.41. The number of halogens is 1. The highest BCUT2D eigenvalue weighted by Crippen LogP contribution is 2.28. The summed E-state index contributed by atoms with van der Waals surface area (Å²) < 4.78 is 29.5. The van der Waals surface area contributed by atoms with Gasteiger partial charge in [-0.15, -0.1) is 11.3 Å². The van der Waals surface area contributed by atoms with Gasteiger partial charge in [-0.2, -0.15) is 0 Å². The summed E-state index contributed by atoms with van der Waals surface area (Å²) in [6.45, 7) is 4.16. The topological polar surface area (TPSA) is 105 Å². The molecule has 0 bridgehead atoms. The molecule has 3 heterocycles. The normalized spacial score (nSPS) is 17.3. The van der Waals surface area contributed by atoms with Gasteiger partial charge in [0.05, 0.1) is 10.4 Å². The molecule has 12 heteroatoms. The zero-order valence-corrected chi connectivity index (χ0v) is 22.4. The summed E-state index contributed by atoms with van der Waals surface area (Å²) >= 11 is 7.35. The van der Waals surface area contributed by atoms with Crippen molar-refractivity contribution in [1.82, 2.24) is 14.5 Å². The van der Waals surface area contributed by atoms with Gasteiger partial charge in [0.1, 0.15) is 12.1 Å². The summed E-state index contributed by atoms with van der Waals surface area (Å²) in [5, 5.41) is 3.52. The van der Waals surface area contributed by atoms with Crippen molar-refractivity contribution in [3.05, 3.63) is 71.3 Å². The van der Waals surface area contributed by atoms with E-state index in [4.69, 9.17) is 11.6 Å². The lowest BCUT2D eigenvalue weighted by atomic mass is 10.1. The fraction of sp³-hybridized carbons (Fsp3) is 0.240. The Labute approximate surface area is 223 Å². The number of carbonyl (C=O) groups is 2. The minimum atomic E-state index is -3.79. The van der Waals surface area contributed by atoms with Crippen LogP contribution in [0.4, 0.5) is 10.8 Å². The Kier molecular flexibility index (Phi) is 6.69. The Morgan fingerprint density at radius 2 is 1.92 bits per heavy atom. The summed E-state index contributed by atoms with van der Waals surface area (Å²) in [5.74, 6) is -0.392. The molecule has 192 valence electrons. The Morgan fingerprint density at radius 1 is 1.16 bits per heavy atom. The molecule has 0 saturated carbocycles. The number of anilines is 2. The molecule has 0 spiro atoms. The predicted molar refractivity (Wildman–Crippen MR) is 145 cm³/mol. The average Bonchev–Trinajstić information content (AvgIpc) is 3.54. The molecule has 1 saturated heterocycles. The molecule has 4 aromatic rings. The third-order valence-electron chi connectivity index (χ3n) is 6.51. The molecule has 1 fully saturated rings. The smallest absolute Gasteiger partial charge is 0.263 e. The van der Waals surface area contributed by atoms with E-state index < -0.39 is 22.1 Å². The van der Waals surface area contributed by atoms with Gasteiger partial charge in [-0.3, -0.25) is 14.3 Å². The summed E-state index contributed by atoms with van der Waals surface area (Å²) in [4.78, 5) is 33.9. The SMILES string of the molecule is C[C@@H]1C(=O)N(c2ccc(S(=O)(=O)Nc3nccs3)cc2)CCN1C(=O)[C@@H](C)n1ccc2ccc(Cl)cc21. The number of hydrogen-bond donors (Lipinski definition) is 1. The van der Waals surface area contributed by atoms with Gasteiger partial charge in [0.2, 0.25) is 11.8 Å². The lowest BCUT2D eigenvalue weighted by molar-refractivity contribution is -0.143. The van der Waals surface area contributed by atoms with Crippen LogP contribution < -0.4 is 9.62 Å². The first-order valence-corrected chi connectivity index (χ1v) is 14.3. The summed E-state index contributed by atoms with van der Waals surface area (Å²) in [6, 6.07) is 12.4. The van der Waals surface area contributed by atoms with Crippen LogP contribution in [0.5, 0.6) is 0 Å². The minimum Gasteiger partial charge on any atom is -0.335 e. The molecule has 1 N–H and O–H groups in total. The molecule has 0 aliphatic carbocycles. The highest BCUT2D eigenvalue weighted by molar-refractivity contribution is 7.93. The number of amides is 2. The minimum absolute atomic E-state index is 0.0636. The number of rotatable bonds is 6. The predicted octanol–water partition coefficient (Wildman–Crippen LogP) is 4.38. The van der Waals surface area contributed by atoms with Crippen molar-refractivity contribution in [2.24, 2.45) is 0 Å². The van der Waals surface area contributed by atoms with Crippen LogP contribution in [0.25, 0.3) is 10.9 Å². The van der Waals surface area contributed by atoms with Crippen molar-refractivity contribution in [1.29, 1.82) is 0 Å². The summed E-state index contributed by atoms with van der Waals surface area (Å²) in [7, 11) is -3.79. The van der Waals surface area contributed by atoms with Gasteiger partial charge in [-0.1, -0.05) is 17.7 Å². The maximum absolute atomic E-state index is 13.4. The first-order valence-electron chi connectivity index (χ1n) is 11.6. The first kappa shape index (κ1) is 25.2. The highest BCUT2D eigenvalue weighted by atomic mass is 35.5. The monoisotopic (exact) mass is 557 g/mol.